The Morgan fingerprint density at radius 2 is 1.93 bits per heavy atom. The molecule has 1 aliphatic carbocycles. The van der Waals surface area contributed by atoms with Gasteiger partial charge in [0.25, 0.3) is 0 Å². The first-order valence-electron chi connectivity index (χ1n) is 9.48. The maximum absolute atomic E-state index is 10.1. The molecule has 1 atom stereocenters. The van der Waals surface area contributed by atoms with Gasteiger partial charge in [-0.15, -0.1) is 0 Å². The van der Waals surface area contributed by atoms with E-state index in [1.807, 2.05) is 19.2 Å². The summed E-state index contributed by atoms with van der Waals surface area (Å²) >= 11 is 3.59. The maximum Gasteiger partial charge on any atom is 0.129 e. The number of hydrogen-bond donors (Lipinski definition) is 3. The van der Waals surface area contributed by atoms with Gasteiger partial charge in [0.1, 0.15) is 11.9 Å². The van der Waals surface area contributed by atoms with Gasteiger partial charge in [-0.3, -0.25) is 5.10 Å². The Morgan fingerprint density at radius 1 is 1.14 bits per heavy atom. The van der Waals surface area contributed by atoms with E-state index in [0.29, 0.717) is 17.5 Å². The molecule has 0 radical (unpaired) electrons. The Morgan fingerprint density at radius 3 is 2.61 bits per heavy atom. The summed E-state index contributed by atoms with van der Waals surface area (Å²) in [4.78, 5) is 0. The van der Waals surface area contributed by atoms with E-state index in [-0.39, 0.29) is 5.92 Å². The monoisotopic (exact) mass is 436 g/mol. The summed E-state index contributed by atoms with van der Waals surface area (Å²) in [6.45, 7) is 0. The minimum Gasteiger partial charge on any atom is -0.343 e. The third kappa shape index (κ3) is 3.11. The van der Waals surface area contributed by atoms with Crippen LogP contribution in [0.2, 0.25) is 0 Å². The van der Waals surface area contributed by atoms with Gasteiger partial charge in [0.05, 0.1) is 29.3 Å². The van der Waals surface area contributed by atoms with Crippen LogP contribution in [-0.4, -0.2) is 23.3 Å². The van der Waals surface area contributed by atoms with Crippen LogP contribution in [0.15, 0.2) is 40.1 Å². The lowest BCUT2D eigenvalue weighted by Crippen LogP contribution is -2.33. The molecule has 1 aromatic carbocycles. The fourth-order valence-electron chi connectivity index (χ4n) is 4.43. The Balaban J connectivity index is 1.82. The average molecular weight is 437 g/mol. The molecule has 0 spiro atoms. The SMILES string of the molecule is CNC1CCC(C2=C(C#N)C(c3cccc(C#N)c3Br)c3cn[nH]c3N2)CC1. The number of benzene rings is 1. The Bertz CT molecular complexity index is 1000. The minimum atomic E-state index is -0.250. The summed E-state index contributed by atoms with van der Waals surface area (Å²) in [5, 5.41) is 33.6. The number of nitrogens with one attached hydrogen (secondary N) is 3. The molecule has 1 aromatic heterocycles. The first-order chi connectivity index (χ1) is 13.7. The van der Waals surface area contributed by atoms with E-state index >= 15 is 0 Å². The number of allylic oxidation sites excluding steroid dienone is 2. The molecule has 1 unspecified atom stereocenters. The number of H-pyrrole nitrogens is 1. The molecule has 1 aliphatic heterocycles. The standard InChI is InChI=1S/C21H21BrN6/c1-25-14-7-5-12(6-8-14)20-16(10-24)18(17-11-26-28-21(17)27-20)15-4-2-3-13(9-23)19(15)22/h2-4,11-12,14,18,25H,5-8H2,1H3,(H2,26,27,28). The third-order valence-corrected chi connectivity index (χ3v) is 6.83. The van der Waals surface area contributed by atoms with Gasteiger partial charge in [0.2, 0.25) is 0 Å². The Hall–Kier alpha value is -2.61. The molecule has 1 saturated carbocycles. The van der Waals surface area contributed by atoms with Gasteiger partial charge >= 0.3 is 0 Å². The van der Waals surface area contributed by atoms with E-state index in [0.717, 1.165) is 58.4 Å². The van der Waals surface area contributed by atoms with Crippen molar-refractivity contribution in [3.8, 4) is 12.1 Å². The second-order valence-corrected chi connectivity index (χ2v) is 8.15. The molecule has 6 nitrogen and oxygen atoms in total. The van der Waals surface area contributed by atoms with Crippen molar-refractivity contribution in [2.45, 2.75) is 37.6 Å². The number of nitrogens with zero attached hydrogens (tertiary/aromatic N) is 3. The van der Waals surface area contributed by atoms with Crippen LogP contribution in [-0.2, 0) is 0 Å². The predicted octanol–water partition coefficient (Wildman–Crippen LogP) is 4.16. The number of rotatable bonds is 3. The number of aromatic amines is 1. The van der Waals surface area contributed by atoms with Crippen LogP contribution in [0.4, 0.5) is 5.82 Å². The zero-order chi connectivity index (χ0) is 19.7. The summed E-state index contributed by atoms with van der Waals surface area (Å²) < 4.78 is 0.738. The zero-order valence-electron chi connectivity index (χ0n) is 15.6. The number of halogens is 1. The first kappa shape index (κ1) is 18.7. The van der Waals surface area contributed by atoms with Crippen molar-refractivity contribution in [3.05, 3.63) is 56.8 Å². The normalized spacial score (nSPS) is 24.1. The van der Waals surface area contributed by atoms with Gasteiger partial charge in [-0.25, -0.2) is 0 Å². The second-order valence-electron chi connectivity index (χ2n) is 7.36. The molecule has 3 N–H and O–H groups in total. The fraction of sp³-hybridized carbons (Fsp3) is 0.381. The quantitative estimate of drug-likeness (QED) is 0.670. The summed E-state index contributed by atoms with van der Waals surface area (Å²) in [7, 11) is 2.01. The van der Waals surface area contributed by atoms with Crippen molar-refractivity contribution in [3.63, 3.8) is 0 Å². The van der Waals surface area contributed by atoms with Crippen molar-refractivity contribution in [1.82, 2.24) is 15.5 Å². The van der Waals surface area contributed by atoms with E-state index < -0.39 is 0 Å². The Labute approximate surface area is 172 Å². The molecule has 0 bridgehead atoms. The van der Waals surface area contributed by atoms with E-state index in [2.05, 4.69) is 48.9 Å². The largest absolute Gasteiger partial charge is 0.343 e. The topological polar surface area (TPSA) is 100 Å². The van der Waals surface area contributed by atoms with Crippen molar-refractivity contribution >= 4 is 21.7 Å². The molecular weight excluding hydrogens is 416 g/mol. The summed E-state index contributed by atoms with van der Waals surface area (Å²) in [5.74, 6) is 0.903. The molecule has 1 fully saturated rings. The molecule has 4 rings (SSSR count). The summed E-state index contributed by atoms with van der Waals surface area (Å²) in [6.07, 6.45) is 6.03. The Kier molecular flexibility index (Phi) is 5.21. The highest BCUT2D eigenvalue weighted by molar-refractivity contribution is 9.10. The van der Waals surface area contributed by atoms with E-state index in [9.17, 15) is 10.5 Å². The number of aromatic nitrogens is 2. The van der Waals surface area contributed by atoms with Gasteiger partial charge in [-0.1, -0.05) is 12.1 Å². The van der Waals surface area contributed by atoms with Crippen LogP contribution in [0.25, 0.3) is 0 Å². The molecule has 28 heavy (non-hydrogen) atoms. The molecule has 0 saturated heterocycles. The lowest BCUT2D eigenvalue weighted by Gasteiger charge is -2.35. The van der Waals surface area contributed by atoms with Crippen molar-refractivity contribution < 1.29 is 0 Å². The number of fused-ring (bicyclic) bond motifs is 1. The van der Waals surface area contributed by atoms with Crippen LogP contribution < -0.4 is 10.6 Å². The van der Waals surface area contributed by atoms with Crippen molar-refractivity contribution in [2.24, 2.45) is 5.92 Å². The van der Waals surface area contributed by atoms with Crippen LogP contribution >= 0.6 is 15.9 Å². The number of nitriles is 2. The van der Waals surface area contributed by atoms with Crippen LogP contribution in [0, 0.1) is 28.6 Å². The van der Waals surface area contributed by atoms with Crippen LogP contribution in [0.5, 0.6) is 0 Å². The summed E-state index contributed by atoms with van der Waals surface area (Å²) in [6, 6.07) is 10.9. The minimum absolute atomic E-state index is 0.250. The first-order valence-corrected chi connectivity index (χ1v) is 10.3. The summed E-state index contributed by atoms with van der Waals surface area (Å²) in [5.41, 5.74) is 4.13. The lowest BCUT2D eigenvalue weighted by atomic mass is 9.76. The van der Waals surface area contributed by atoms with Gasteiger partial charge < -0.3 is 10.6 Å². The zero-order valence-corrected chi connectivity index (χ0v) is 17.2. The third-order valence-electron chi connectivity index (χ3n) is 5.94. The second kappa shape index (κ2) is 7.79. The van der Waals surface area contributed by atoms with E-state index in [1.165, 1.54) is 0 Å². The van der Waals surface area contributed by atoms with Crippen LogP contribution in [0.1, 0.15) is 48.3 Å². The molecule has 0 amide bonds. The van der Waals surface area contributed by atoms with Crippen LogP contribution in [0.3, 0.4) is 0 Å². The lowest BCUT2D eigenvalue weighted by molar-refractivity contribution is 0.331. The van der Waals surface area contributed by atoms with Gasteiger partial charge in [-0.2, -0.15) is 15.6 Å². The van der Waals surface area contributed by atoms with E-state index in [1.54, 1.807) is 12.3 Å². The molecule has 142 valence electrons. The molecule has 2 heterocycles. The van der Waals surface area contributed by atoms with Gasteiger partial charge in [-0.05, 0) is 60.3 Å². The molecule has 7 heteroatoms. The predicted molar refractivity (Wildman–Crippen MR) is 110 cm³/mol. The van der Waals surface area contributed by atoms with Crippen molar-refractivity contribution in [1.29, 1.82) is 10.5 Å². The highest BCUT2D eigenvalue weighted by atomic mass is 79.9. The highest BCUT2D eigenvalue weighted by Gasteiger charge is 2.36. The maximum atomic E-state index is 10.1. The number of anilines is 1. The highest BCUT2D eigenvalue weighted by Crippen LogP contribution is 2.46. The van der Waals surface area contributed by atoms with Gasteiger partial charge in [0, 0.05) is 27.7 Å². The smallest absolute Gasteiger partial charge is 0.129 e. The van der Waals surface area contributed by atoms with Gasteiger partial charge in [0.15, 0.2) is 0 Å². The number of hydrogen-bond acceptors (Lipinski definition) is 5. The average Bonchev–Trinajstić information content (AvgIpc) is 3.21. The fourth-order valence-corrected chi connectivity index (χ4v) is 5.01. The molecular formula is C21H21BrN6. The van der Waals surface area contributed by atoms with Crippen molar-refractivity contribution in [2.75, 3.05) is 12.4 Å². The molecule has 2 aromatic rings. The molecule has 2 aliphatic rings. The van der Waals surface area contributed by atoms with E-state index in [4.69, 9.17) is 0 Å².